The highest BCUT2D eigenvalue weighted by Gasteiger charge is 2.17. The lowest BCUT2D eigenvalue weighted by Gasteiger charge is -1.93. The van der Waals surface area contributed by atoms with E-state index >= 15 is 0 Å². The van der Waals surface area contributed by atoms with E-state index in [2.05, 4.69) is 4.98 Å². The molecule has 0 aliphatic rings. The smallest absolute Gasteiger partial charge is 0.309 e. The van der Waals surface area contributed by atoms with Crippen molar-refractivity contribution in [3.8, 4) is 0 Å². The summed E-state index contributed by atoms with van der Waals surface area (Å²) in [5, 5.41) is 10.4. The molecule has 0 amide bonds. The van der Waals surface area contributed by atoms with Gasteiger partial charge in [0.15, 0.2) is 10.6 Å². The van der Waals surface area contributed by atoms with Crippen LogP contribution in [0.15, 0.2) is 22.9 Å². The molecule has 66 valence electrons. The van der Waals surface area contributed by atoms with Crippen LogP contribution in [-0.4, -0.2) is 9.91 Å². The third-order valence-electron chi connectivity index (χ3n) is 1.59. The fourth-order valence-corrected chi connectivity index (χ4v) is 1.26. The van der Waals surface area contributed by atoms with E-state index in [9.17, 15) is 10.1 Å². The molecule has 0 radical (unpaired) electrons. The summed E-state index contributed by atoms with van der Waals surface area (Å²) in [7, 11) is 0. The predicted octanol–water partition coefficient (Wildman–Crippen LogP) is 2.39. The molecule has 0 saturated carbocycles. The Morgan fingerprint density at radius 1 is 1.62 bits per heavy atom. The van der Waals surface area contributed by atoms with Crippen LogP contribution in [0.1, 0.15) is 0 Å². The van der Waals surface area contributed by atoms with Crippen molar-refractivity contribution in [1.29, 1.82) is 0 Å². The lowest BCUT2D eigenvalue weighted by atomic mass is 10.3. The monoisotopic (exact) mass is 198 g/mol. The second-order valence-corrected chi connectivity index (χ2v) is 2.73. The van der Waals surface area contributed by atoms with Gasteiger partial charge in [-0.25, -0.2) is 4.98 Å². The van der Waals surface area contributed by atoms with Crippen LogP contribution < -0.4 is 0 Å². The zero-order valence-corrected chi connectivity index (χ0v) is 6.99. The predicted molar refractivity (Wildman–Crippen MR) is 45.7 cm³/mol. The summed E-state index contributed by atoms with van der Waals surface area (Å²) in [5.74, 6) is 0. The van der Waals surface area contributed by atoms with Crippen molar-refractivity contribution >= 4 is 28.4 Å². The number of nitrogens with zero attached hydrogens (tertiary/aromatic N) is 2. The van der Waals surface area contributed by atoms with Gasteiger partial charge in [-0.05, 0) is 0 Å². The van der Waals surface area contributed by atoms with Crippen molar-refractivity contribution in [3.05, 3.63) is 33.7 Å². The van der Waals surface area contributed by atoms with Gasteiger partial charge in [-0.3, -0.25) is 10.1 Å². The lowest BCUT2D eigenvalue weighted by Crippen LogP contribution is -1.90. The first-order chi connectivity index (χ1) is 6.20. The molecule has 0 saturated heterocycles. The summed E-state index contributed by atoms with van der Waals surface area (Å²) < 4.78 is 4.94. The molecule has 0 spiro atoms. The molecule has 2 aromatic rings. The van der Waals surface area contributed by atoms with Crippen molar-refractivity contribution in [2.45, 2.75) is 0 Å². The molecule has 0 bridgehead atoms. The Labute approximate surface area is 77.1 Å². The van der Waals surface area contributed by atoms with Gasteiger partial charge in [0.25, 0.3) is 0 Å². The fraction of sp³-hybridized carbons (Fsp3) is 0. The van der Waals surface area contributed by atoms with Gasteiger partial charge >= 0.3 is 5.69 Å². The van der Waals surface area contributed by atoms with Crippen molar-refractivity contribution in [3.63, 3.8) is 0 Å². The summed E-state index contributed by atoms with van der Waals surface area (Å²) in [6.07, 6.45) is 2.49. The molecule has 0 N–H and O–H groups in total. The Hall–Kier alpha value is -1.62. The van der Waals surface area contributed by atoms with Gasteiger partial charge in [-0.15, -0.1) is 0 Å². The molecular weight excluding hydrogens is 196 g/mol. The summed E-state index contributed by atoms with van der Waals surface area (Å²) in [5.41, 5.74) is 0.510. The third kappa shape index (κ3) is 1.13. The van der Waals surface area contributed by atoms with Crippen LogP contribution in [0.25, 0.3) is 11.1 Å². The molecule has 2 rings (SSSR count). The molecule has 0 aliphatic heterocycles. The lowest BCUT2D eigenvalue weighted by molar-refractivity contribution is -0.384. The zero-order chi connectivity index (χ0) is 9.42. The molecule has 0 aliphatic carbocycles. The SMILES string of the molecule is O=[N+]([O-])c1cnc2ccoc2c1Cl. The number of rotatable bonds is 1. The van der Waals surface area contributed by atoms with Crippen molar-refractivity contribution in [2.24, 2.45) is 0 Å². The summed E-state index contributed by atoms with van der Waals surface area (Å²) in [6, 6.07) is 1.59. The van der Waals surface area contributed by atoms with Gasteiger partial charge in [0.1, 0.15) is 11.7 Å². The highest BCUT2D eigenvalue weighted by atomic mass is 35.5. The molecule has 0 aromatic carbocycles. The Balaban J connectivity index is 2.80. The van der Waals surface area contributed by atoms with Crippen LogP contribution in [0.2, 0.25) is 5.02 Å². The van der Waals surface area contributed by atoms with Crippen LogP contribution >= 0.6 is 11.6 Å². The van der Waals surface area contributed by atoms with Gasteiger partial charge in [-0.1, -0.05) is 11.6 Å². The Morgan fingerprint density at radius 3 is 3.08 bits per heavy atom. The van der Waals surface area contributed by atoms with E-state index in [1.807, 2.05) is 0 Å². The van der Waals surface area contributed by atoms with E-state index in [0.29, 0.717) is 5.52 Å². The van der Waals surface area contributed by atoms with Gasteiger partial charge in [0.2, 0.25) is 0 Å². The van der Waals surface area contributed by atoms with Gasteiger partial charge in [-0.2, -0.15) is 0 Å². The van der Waals surface area contributed by atoms with Gasteiger partial charge in [0.05, 0.1) is 11.2 Å². The topological polar surface area (TPSA) is 69.2 Å². The number of nitro groups is 1. The minimum absolute atomic E-state index is 0.0139. The molecule has 0 unspecified atom stereocenters. The Morgan fingerprint density at radius 2 is 2.38 bits per heavy atom. The summed E-state index contributed by atoms with van der Waals surface area (Å²) >= 11 is 5.70. The highest BCUT2D eigenvalue weighted by Crippen LogP contribution is 2.30. The maximum absolute atomic E-state index is 10.4. The van der Waals surface area contributed by atoms with Crippen LogP contribution in [-0.2, 0) is 0 Å². The van der Waals surface area contributed by atoms with E-state index < -0.39 is 4.92 Å². The number of hydrogen-bond acceptors (Lipinski definition) is 4. The number of aromatic nitrogens is 1. The second-order valence-electron chi connectivity index (χ2n) is 2.35. The average Bonchev–Trinajstić information content (AvgIpc) is 2.52. The maximum atomic E-state index is 10.4. The number of fused-ring (bicyclic) bond motifs is 1. The van der Waals surface area contributed by atoms with E-state index in [1.165, 1.54) is 6.26 Å². The van der Waals surface area contributed by atoms with Gasteiger partial charge < -0.3 is 4.42 Å². The Kier molecular flexibility index (Phi) is 1.66. The first-order valence-corrected chi connectivity index (χ1v) is 3.74. The highest BCUT2D eigenvalue weighted by molar-refractivity contribution is 6.36. The largest absolute Gasteiger partial charge is 0.461 e. The normalized spacial score (nSPS) is 10.5. The summed E-state index contributed by atoms with van der Waals surface area (Å²) in [6.45, 7) is 0. The Bertz CT molecular complexity index is 480. The van der Waals surface area contributed by atoms with Crippen LogP contribution in [0, 0.1) is 10.1 Å². The first kappa shape index (κ1) is 8.00. The van der Waals surface area contributed by atoms with Crippen molar-refractivity contribution in [2.75, 3.05) is 0 Å². The molecule has 0 atom stereocenters. The van der Waals surface area contributed by atoms with Crippen LogP contribution in [0.4, 0.5) is 5.69 Å². The van der Waals surface area contributed by atoms with Crippen LogP contribution in [0.5, 0.6) is 0 Å². The van der Waals surface area contributed by atoms with E-state index in [-0.39, 0.29) is 16.3 Å². The van der Waals surface area contributed by atoms with Crippen LogP contribution in [0.3, 0.4) is 0 Å². The quantitative estimate of drug-likeness (QED) is 0.521. The minimum Gasteiger partial charge on any atom is -0.461 e. The maximum Gasteiger partial charge on any atom is 0.309 e. The standard InChI is InChI=1S/C7H3ClN2O3/c8-6-5(10(11)12)3-9-4-1-2-13-7(4)6/h1-3H. The second kappa shape index (κ2) is 2.70. The molecule has 0 fully saturated rings. The third-order valence-corrected chi connectivity index (χ3v) is 1.96. The molecule has 2 heterocycles. The average molecular weight is 199 g/mol. The van der Waals surface area contributed by atoms with Crippen molar-refractivity contribution < 1.29 is 9.34 Å². The van der Waals surface area contributed by atoms with E-state index in [1.54, 1.807) is 6.07 Å². The molecule has 6 heteroatoms. The first-order valence-electron chi connectivity index (χ1n) is 3.36. The molecular formula is C7H3ClN2O3. The van der Waals surface area contributed by atoms with E-state index in [4.69, 9.17) is 16.0 Å². The molecule has 5 nitrogen and oxygen atoms in total. The van der Waals surface area contributed by atoms with Crippen molar-refractivity contribution in [1.82, 2.24) is 4.98 Å². The fourth-order valence-electron chi connectivity index (χ4n) is 0.999. The van der Waals surface area contributed by atoms with Gasteiger partial charge in [0, 0.05) is 6.07 Å². The number of pyridine rings is 1. The summed E-state index contributed by atoms with van der Waals surface area (Å²) in [4.78, 5) is 13.6. The molecule has 2 aromatic heterocycles. The number of hydrogen-bond donors (Lipinski definition) is 0. The zero-order valence-electron chi connectivity index (χ0n) is 6.23. The number of furan rings is 1. The number of halogens is 1. The van der Waals surface area contributed by atoms with E-state index in [0.717, 1.165) is 6.20 Å². The minimum atomic E-state index is -0.600. The molecule has 13 heavy (non-hydrogen) atoms.